The molecule has 0 spiro atoms. The molecule has 1 aliphatic rings. The first kappa shape index (κ1) is 18.5. The molecule has 26 heavy (non-hydrogen) atoms. The van der Waals surface area contributed by atoms with Crippen molar-refractivity contribution in [2.45, 2.75) is 38.6 Å². The Balaban J connectivity index is 2.09. The van der Waals surface area contributed by atoms with Gasteiger partial charge in [-0.1, -0.05) is 48.9 Å². The van der Waals surface area contributed by atoms with Gasteiger partial charge < -0.3 is 4.74 Å². The van der Waals surface area contributed by atoms with Gasteiger partial charge >= 0.3 is 11.9 Å². The average Bonchev–Trinajstić information content (AvgIpc) is 2.62. The molecule has 0 fully saturated rings. The first-order chi connectivity index (χ1) is 12.4. The number of hydrogen-bond acceptors (Lipinski definition) is 3. The van der Waals surface area contributed by atoms with Crippen molar-refractivity contribution in [3.63, 3.8) is 0 Å². The minimum absolute atomic E-state index is 0.150. The van der Waals surface area contributed by atoms with E-state index >= 15 is 0 Å². The van der Waals surface area contributed by atoms with Crippen LogP contribution < -0.4 is 4.90 Å². The largest absolute Gasteiger partial charge is 0.459 e. The van der Waals surface area contributed by atoms with Gasteiger partial charge in [0.2, 0.25) is 0 Å². The summed E-state index contributed by atoms with van der Waals surface area (Å²) in [4.78, 5) is 26.3. The Morgan fingerprint density at radius 2 is 1.85 bits per heavy atom. The van der Waals surface area contributed by atoms with E-state index < -0.39 is 11.9 Å². The van der Waals surface area contributed by atoms with Gasteiger partial charge in [-0.25, -0.2) is 4.79 Å². The van der Waals surface area contributed by atoms with E-state index in [0.29, 0.717) is 11.4 Å². The molecule has 0 aromatic heterocycles. The van der Waals surface area contributed by atoms with Crippen LogP contribution in [0.1, 0.15) is 38.3 Å². The van der Waals surface area contributed by atoms with E-state index in [1.807, 2.05) is 55.5 Å². The van der Waals surface area contributed by atoms with Crippen molar-refractivity contribution in [2.75, 3.05) is 11.5 Å². The van der Waals surface area contributed by atoms with Crippen LogP contribution >= 0.6 is 11.6 Å². The van der Waals surface area contributed by atoms with Gasteiger partial charge in [0.1, 0.15) is 0 Å². The summed E-state index contributed by atoms with van der Waals surface area (Å²) in [7, 11) is 0. The number of hydrogen-bond donors (Lipinski definition) is 0. The summed E-state index contributed by atoms with van der Waals surface area (Å²) in [6.45, 7) is 5.99. The van der Waals surface area contributed by atoms with Crippen LogP contribution in [0, 0.1) is 0 Å². The SMILES string of the molecule is CCOC(=O)C(=O)N1c2ccccc2[C@@](C)(c2ccc(Cl)cc2)C[C@H]1C. The number of rotatable bonds is 2. The third kappa shape index (κ3) is 3.10. The van der Waals surface area contributed by atoms with Crippen LogP contribution in [0.2, 0.25) is 5.02 Å². The van der Waals surface area contributed by atoms with E-state index in [0.717, 1.165) is 16.8 Å². The third-order valence-corrected chi connectivity index (χ3v) is 5.30. The van der Waals surface area contributed by atoms with Crippen molar-refractivity contribution in [2.24, 2.45) is 0 Å². The Bertz CT molecular complexity index is 833. The number of halogens is 1. The van der Waals surface area contributed by atoms with E-state index in [2.05, 4.69) is 6.92 Å². The summed E-state index contributed by atoms with van der Waals surface area (Å²) >= 11 is 6.05. The molecule has 1 aliphatic heterocycles. The molecule has 3 rings (SSSR count). The molecule has 2 aromatic rings. The van der Waals surface area contributed by atoms with Gasteiger partial charge in [-0.15, -0.1) is 0 Å². The zero-order chi connectivity index (χ0) is 18.9. The standard InChI is InChI=1S/C21H22ClNO3/c1-4-26-20(25)19(24)23-14(2)13-21(3,15-9-11-16(22)12-10-15)17-7-5-6-8-18(17)23/h5-12,14H,4,13H2,1-3H3/t14-,21-/m1/s1. The topological polar surface area (TPSA) is 46.6 Å². The lowest BCUT2D eigenvalue weighted by atomic mass is 9.69. The van der Waals surface area contributed by atoms with Gasteiger partial charge in [-0.3, -0.25) is 9.69 Å². The predicted octanol–water partition coefficient (Wildman–Crippen LogP) is 4.33. The number of amides is 1. The number of anilines is 1. The average molecular weight is 372 g/mol. The van der Waals surface area contributed by atoms with Gasteiger partial charge in [0.25, 0.3) is 0 Å². The number of nitrogens with zero attached hydrogens (tertiary/aromatic N) is 1. The molecule has 0 N–H and O–H groups in total. The Hall–Kier alpha value is -2.33. The highest BCUT2D eigenvalue weighted by molar-refractivity contribution is 6.38. The molecule has 1 heterocycles. The minimum atomic E-state index is -0.816. The number of fused-ring (bicyclic) bond motifs is 1. The molecule has 136 valence electrons. The van der Waals surface area contributed by atoms with Gasteiger partial charge in [-0.05, 0) is 49.6 Å². The van der Waals surface area contributed by atoms with Crippen LogP contribution in [-0.2, 0) is 19.7 Å². The molecular weight excluding hydrogens is 350 g/mol. The molecule has 0 radical (unpaired) electrons. The van der Waals surface area contributed by atoms with Crippen LogP contribution in [0.3, 0.4) is 0 Å². The monoisotopic (exact) mass is 371 g/mol. The lowest BCUT2D eigenvalue weighted by Gasteiger charge is -2.45. The van der Waals surface area contributed by atoms with E-state index in [1.165, 1.54) is 0 Å². The van der Waals surface area contributed by atoms with Gasteiger partial charge in [-0.2, -0.15) is 0 Å². The maximum absolute atomic E-state index is 12.7. The number of esters is 1. The molecular formula is C21H22ClNO3. The Morgan fingerprint density at radius 3 is 2.50 bits per heavy atom. The molecule has 0 aliphatic carbocycles. The van der Waals surface area contributed by atoms with Gasteiger partial charge in [0, 0.05) is 22.2 Å². The number of carbonyl (C=O) groups excluding carboxylic acids is 2. The van der Waals surface area contributed by atoms with Crippen molar-refractivity contribution in [1.29, 1.82) is 0 Å². The maximum Gasteiger partial charge on any atom is 0.397 e. The predicted molar refractivity (Wildman–Crippen MR) is 103 cm³/mol. The summed E-state index contributed by atoms with van der Waals surface area (Å²) in [5.74, 6) is -1.44. The molecule has 1 amide bonds. The molecule has 0 bridgehead atoms. The second kappa shape index (κ2) is 7.12. The number of ether oxygens (including phenoxy) is 1. The van der Waals surface area contributed by atoms with Crippen molar-refractivity contribution in [1.82, 2.24) is 0 Å². The molecule has 0 saturated carbocycles. The number of carbonyl (C=O) groups is 2. The summed E-state index contributed by atoms with van der Waals surface area (Å²) in [5.41, 5.74) is 2.61. The van der Waals surface area contributed by atoms with Crippen LogP contribution in [0.4, 0.5) is 5.69 Å². The summed E-state index contributed by atoms with van der Waals surface area (Å²) < 4.78 is 4.93. The van der Waals surface area contributed by atoms with Gasteiger partial charge in [0.05, 0.1) is 6.61 Å². The fourth-order valence-electron chi connectivity index (χ4n) is 3.87. The van der Waals surface area contributed by atoms with Crippen LogP contribution in [0.5, 0.6) is 0 Å². The quantitative estimate of drug-likeness (QED) is 0.583. The minimum Gasteiger partial charge on any atom is -0.459 e. The molecule has 4 nitrogen and oxygen atoms in total. The lowest BCUT2D eigenvalue weighted by molar-refractivity contribution is -0.153. The lowest BCUT2D eigenvalue weighted by Crippen LogP contribution is -2.50. The van der Waals surface area contributed by atoms with E-state index in [4.69, 9.17) is 16.3 Å². The Labute approximate surface area is 158 Å². The molecule has 5 heteroatoms. The summed E-state index contributed by atoms with van der Waals surface area (Å²) in [6, 6.07) is 15.4. The Kier molecular flexibility index (Phi) is 5.05. The van der Waals surface area contributed by atoms with Gasteiger partial charge in [0.15, 0.2) is 0 Å². The maximum atomic E-state index is 12.7. The highest BCUT2D eigenvalue weighted by atomic mass is 35.5. The molecule has 2 aromatic carbocycles. The summed E-state index contributed by atoms with van der Waals surface area (Å²) in [5, 5.41) is 0.689. The second-order valence-electron chi connectivity index (χ2n) is 6.80. The number of para-hydroxylation sites is 1. The highest BCUT2D eigenvalue weighted by Gasteiger charge is 2.43. The van der Waals surface area contributed by atoms with E-state index in [1.54, 1.807) is 11.8 Å². The van der Waals surface area contributed by atoms with Crippen LogP contribution in [0.15, 0.2) is 48.5 Å². The fraction of sp³-hybridized carbons (Fsp3) is 0.333. The Morgan fingerprint density at radius 1 is 1.19 bits per heavy atom. The zero-order valence-electron chi connectivity index (χ0n) is 15.2. The van der Waals surface area contributed by atoms with E-state index in [-0.39, 0.29) is 18.1 Å². The molecule has 0 unspecified atom stereocenters. The normalized spacial score (nSPS) is 21.8. The van der Waals surface area contributed by atoms with Crippen LogP contribution in [-0.4, -0.2) is 24.5 Å². The second-order valence-corrected chi connectivity index (χ2v) is 7.24. The van der Waals surface area contributed by atoms with Crippen molar-refractivity contribution in [3.05, 3.63) is 64.7 Å². The zero-order valence-corrected chi connectivity index (χ0v) is 15.9. The third-order valence-electron chi connectivity index (χ3n) is 5.05. The van der Waals surface area contributed by atoms with Crippen molar-refractivity contribution >= 4 is 29.2 Å². The first-order valence-corrected chi connectivity index (χ1v) is 9.12. The van der Waals surface area contributed by atoms with Crippen molar-refractivity contribution < 1.29 is 14.3 Å². The van der Waals surface area contributed by atoms with E-state index in [9.17, 15) is 9.59 Å². The first-order valence-electron chi connectivity index (χ1n) is 8.74. The molecule has 0 saturated heterocycles. The smallest absolute Gasteiger partial charge is 0.397 e. The van der Waals surface area contributed by atoms with Crippen LogP contribution in [0.25, 0.3) is 0 Å². The number of benzene rings is 2. The summed E-state index contributed by atoms with van der Waals surface area (Å²) in [6.07, 6.45) is 0.691. The molecule has 2 atom stereocenters. The highest BCUT2D eigenvalue weighted by Crippen LogP contribution is 2.46. The van der Waals surface area contributed by atoms with Crippen molar-refractivity contribution in [3.8, 4) is 0 Å². The fourth-order valence-corrected chi connectivity index (χ4v) is 4.00.